The van der Waals surface area contributed by atoms with Gasteiger partial charge in [-0.3, -0.25) is 0 Å². The third-order valence-corrected chi connectivity index (χ3v) is 12.5. The van der Waals surface area contributed by atoms with Crippen molar-refractivity contribution in [1.82, 2.24) is 0 Å². The molecular weight excluding hydrogens is 359 g/mol. The second-order valence-corrected chi connectivity index (χ2v) is 19.1. The Bertz CT molecular complexity index is 342. The first kappa shape index (κ1) is 17.4. The van der Waals surface area contributed by atoms with Gasteiger partial charge >= 0.3 is 118 Å². The van der Waals surface area contributed by atoms with E-state index in [1.54, 1.807) is 0 Å². The van der Waals surface area contributed by atoms with Gasteiger partial charge in [-0.1, -0.05) is 0 Å². The van der Waals surface area contributed by atoms with E-state index in [4.69, 9.17) is 0 Å². The van der Waals surface area contributed by atoms with Crippen LogP contribution in [0.5, 0.6) is 0 Å². The number of rotatable bonds is 2. The molecule has 0 saturated carbocycles. The normalized spacial score (nSPS) is 12.7. The van der Waals surface area contributed by atoms with Gasteiger partial charge in [0.25, 0.3) is 0 Å². The van der Waals surface area contributed by atoms with Gasteiger partial charge in [0.2, 0.25) is 0 Å². The molecule has 0 amide bonds. The Morgan fingerprint density at radius 1 is 0.706 bits per heavy atom. The quantitative estimate of drug-likeness (QED) is 0.643. The summed E-state index contributed by atoms with van der Waals surface area (Å²) in [5.74, 6) is 0. The van der Waals surface area contributed by atoms with Gasteiger partial charge in [-0.25, -0.2) is 0 Å². The number of nitrogens with zero attached hydrogens (tertiary/aromatic N) is 4. The molecule has 0 unspecified atom stereocenters. The predicted molar refractivity (Wildman–Crippen MR) is 81.4 cm³/mol. The van der Waals surface area contributed by atoms with Crippen molar-refractivity contribution in [2.24, 2.45) is 13.9 Å². The number of hydrogen-bond donors (Lipinski definition) is 0. The second-order valence-electron chi connectivity index (χ2n) is 6.36. The van der Waals surface area contributed by atoms with Gasteiger partial charge in [0.05, 0.1) is 0 Å². The molecule has 0 aliphatic rings. The maximum absolute atomic E-state index is 4.57. The van der Waals surface area contributed by atoms with E-state index in [2.05, 4.69) is 65.3 Å². The molecule has 0 aromatic rings. The summed E-state index contributed by atoms with van der Waals surface area (Å²) in [6.07, 6.45) is 0. The van der Waals surface area contributed by atoms with Crippen LogP contribution in [0.15, 0.2) is 13.9 Å². The Morgan fingerprint density at radius 2 is 1.00 bits per heavy atom. The fraction of sp³-hybridized carbons (Fsp3) is 1.00. The summed E-state index contributed by atoms with van der Waals surface area (Å²) in [5, 5.41) is 0. The molecule has 17 heavy (non-hydrogen) atoms. The van der Waals surface area contributed by atoms with Gasteiger partial charge in [-0.05, 0) is 0 Å². The summed E-state index contributed by atoms with van der Waals surface area (Å²) >= 11 is -0.0130. The Labute approximate surface area is 117 Å². The van der Waals surface area contributed by atoms with E-state index in [-0.39, 0.29) is 11.1 Å². The van der Waals surface area contributed by atoms with E-state index in [1.165, 1.54) is 22.7 Å². The third kappa shape index (κ3) is 12.7. The van der Waals surface area contributed by atoms with Crippen molar-refractivity contribution in [3.05, 3.63) is 0 Å². The van der Waals surface area contributed by atoms with Gasteiger partial charge in [0, 0.05) is 0 Å². The first-order chi connectivity index (χ1) is 7.41. The van der Waals surface area contributed by atoms with E-state index in [0.29, 0.717) is 0 Å². The molecule has 0 aliphatic carbocycles. The molecule has 0 radical (unpaired) electrons. The fourth-order valence-electron chi connectivity index (χ4n) is 0.502. The molecule has 0 aliphatic heterocycles. The van der Waals surface area contributed by atoms with Crippen molar-refractivity contribution in [1.29, 1.82) is 0 Å². The van der Waals surface area contributed by atoms with E-state index < -0.39 is 18.9 Å². The van der Waals surface area contributed by atoms with Gasteiger partial charge < -0.3 is 0 Å². The van der Waals surface area contributed by atoms with Crippen molar-refractivity contribution in [2.45, 2.75) is 62.5 Å². The molecule has 0 saturated heterocycles. The molecule has 0 bridgehead atoms. The van der Waals surface area contributed by atoms with E-state index >= 15 is 0 Å². The molecule has 4 nitrogen and oxygen atoms in total. The monoisotopic (exact) mass is 384 g/mol. The average molecular weight is 383 g/mol. The molecule has 100 valence electrons. The van der Waals surface area contributed by atoms with Crippen LogP contribution in [0, 0.1) is 0 Å². The summed E-state index contributed by atoms with van der Waals surface area (Å²) < 4.78 is 17.9. The Kier molecular flexibility index (Phi) is 6.73. The average Bonchev–Trinajstić information content (AvgIpc) is 1.96. The van der Waals surface area contributed by atoms with Crippen LogP contribution < -0.4 is 0 Å². The molecule has 0 rings (SSSR count). The molecule has 0 atom stereocenters. The molecule has 0 fully saturated rings. The van der Waals surface area contributed by atoms with Crippen molar-refractivity contribution < 1.29 is 0 Å². The van der Waals surface area contributed by atoms with Crippen LogP contribution in [0.4, 0.5) is 0 Å². The van der Waals surface area contributed by atoms with E-state index in [9.17, 15) is 0 Å². The summed E-state index contributed by atoms with van der Waals surface area (Å²) in [6, 6.07) is 0. The standard InChI is InChI=1S/2C4H9N2S.2CH3.Sn/c2*1-4(2,3)6-7-5;;;/h2*1-3H3;2*1H3;/q2*-1;;;+2. The Hall–Kier alpha value is 0.439. The summed E-state index contributed by atoms with van der Waals surface area (Å²) in [4.78, 5) is 4.32. The minimum atomic E-state index is -2.65. The fourth-order valence-corrected chi connectivity index (χ4v) is 6.58. The molecule has 0 spiro atoms. The van der Waals surface area contributed by atoms with Crippen molar-refractivity contribution in [2.75, 3.05) is 0 Å². The second kappa shape index (κ2) is 6.56. The van der Waals surface area contributed by atoms with Crippen molar-refractivity contribution in [3.8, 4) is 0 Å². The molecular formula is C10H24N4S2Sn. The predicted octanol–water partition coefficient (Wildman–Crippen LogP) is 4.18. The first-order valence-electron chi connectivity index (χ1n) is 5.62. The Morgan fingerprint density at radius 3 is 1.24 bits per heavy atom. The van der Waals surface area contributed by atoms with Crippen LogP contribution in [0.25, 0.3) is 0 Å². The molecule has 0 aromatic carbocycles. The molecule has 0 N–H and O–H groups in total. The zero-order valence-electron chi connectivity index (χ0n) is 12.1. The Balaban J connectivity index is 4.83. The van der Waals surface area contributed by atoms with Crippen LogP contribution in [0.1, 0.15) is 41.5 Å². The summed E-state index contributed by atoms with van der Waals surface area (Å²) in [5.41, 5.74) is -0.0852. The third-order valence-electron chi connectivity index (χ3n) is 1.16. The number of hydrogen-bond acceptors (Lipinski definition) is 4. The SMILES string of the molecule is CC(C)(C)N=S=[N][Sn]([CH3])([CH3])[N]=S=NC(C)(C)C. The summed E-state index contributed by atoms with van der Waals surface area (Å²) in [6.45, 7) is 12.4. The van der Waals surface area contributed by atoms with E-state index in [1.807, 2.05) is 0 Å². The van der Waals surface area contributed by atoms with Gasteiger partial charge in [-0.2, -0.15) is 0 Å². The zero-order chi connectivity index (χ0) is 13.7. The molecule has 7 heteroatoms. The van der Waals surface area contributed by atoms with E-state index in [0.717, 1.165) is 0 Å². The molecule has 0 aromatic heterocycles. The molecule has 0 heterocycles. The maximum atomic E-state index is 4.57. The van der Waals surface area contributed by atoms with Gasteiger partial charge in [0.15, 0.2) is 0 Å². The van der Waals surface area contributed by atoms with Gasteiger partial charge in [-0.15, -0.1) is 0 Å². The van der Waals surface area contributed by atoms with Crippen LogP contribution in [0.2, 0.25) is 9.88 Å². The van der Waals surface area contributed by atoms with Crippen LogP contribution in [-0.2, 0) is 22.7 Å². The minimum absolute atomic E-state index is 0.0426. The van der Waals surface area contributed by atoms with Crippen LogP contribution in [-0.4, -0.2) is 30.0 Å². The van der Waals surface area contributed by atoms with Gasteiger partial charge in [0.1, 0.15) is 0 Å². The topological polar surface area (TPSA) is 49.4 Å². The van der Waals surface area contributed by atoms with Crippen LogP contribution in [0.3, 0.4) is 0 Å². The first-order valence-corrected chi connectivity index (χ1v) is 15.3. The zero-order valence-corrected chi connectivity index (χ0v) is 16.6. The van der Waals surface area contributed by atoms with Crippen molar-refractivity contribution in [3.63, 3.8) is 0 Å². The van der Waals surface area contributed by atoms with Crippen LogP contribution >= 0.6 is 0 Å². The van der Waals surface area contributed by atoms with Crippen molar-refractivity contribution >= 4 is 41.6 Å². The summed E-state index contributed by atoms with van der Waals surface area (Å²) in [7, 11) is 0.